The third kappa shape index (κ3) is 8.38. The average Bonchev–Trinajstić information content (AvgIpc) is 3.53. The number of ether oxygens (including phenoxy) is 1. The molecule has 1 saturated heterocycles. The van der Waals surface area contributed by atoms with E-state index in [1.807, 2.05) is 19.2 Å². The Bertz CT molecular complexity index is 633. The van der Waals surface area contributed by atoms with E-state index >= 15 is 0 Å². The van der Waals surface area contributed by atoms with Gasteiger partial charge >= 0.3 is 0 Å². The van der Waals surface area contributed by atoms with Crippen LogP contribution < -0.4 is 5.32 Å². The van der Waals surface area contributed by atoms with Gasteiger partial charge in [0.25, 0.3) is 0 Å². The minimum atomic E-state index is -0.0979. The molecule has 0 atom stereocenters. The van der Waals surface area contributed by atoms with Gasteiger partial charge < -0.3 is 15.0 Å². The molecule has 1 aromatic rings. The van der Waals surface area contributed by atoms with Crippen LogP contribution in [0.5, 0.6) is 0 Å². The highest BCUT2D eigenvalue weighted by Gasteiger charge is 2.22. The number of benzene rings is 1. The molecular weight excluding hydrogens is 482 g/mol. The predicted octanol–water partition coefficient (Wildman–Crippen LogP) is 3.59. The lowest BCUT2D eigenvalue weighted by Crippen LogP contribution is -2.44. The van der Waals surface area contributed by atoms with Crippen LogP contribution in [0.15, 0.2) is 29.3 Å². The Morgan fingerprint density at radius 3 is 2.59 bits per heavy atom. The minimum Gasteiger partial charge on any atom is -0.379 e. The van der Waals surface area contributed by atoms with Crippen LogP contribution in [0, 0.1) is 17.7 Å². The topological polar surface area (TPSA) is 40.1 Å². The molecule has 2 aliphatic rings. The maximum absolute atomic E-state index is 13.8. The Kier molecular flexibility index (Phi) is 10.7. The van der Waals surface area contributed by atoms with Gasteiger partial charge in [-0.1, -0.05) is 18.2 Å². The van der Waals surface area contributed by atoms with Crippen molar-refractivity contribution >= 4 is 29.9 Å². The predicted molar refractivity (Wildman–Crippen MR) is 127 cm³/mol. The van der Waals surface area contributed by atoms with Crippen LogP contribution in [-0.2, 0) is 11.3 Å². The van der Waals surface area contributed by atoms with Gasteiger partial charge in [0, 0.05) is 45.9 Å². The quantitative estimate of drug-likeness (QED) is 0.235. The summed E-state index contributed by atoms with van der Waals surface area (Å²) in [6, 6.07) is 7.09. The molecule has 3 rings (SSSR count). The molecule has 5 nitrogen and oxygen atoms in total. The van der Waals surface area contributed by atoms with Gasteiger partial charge in [-0.25, -0.2) is 4.39 Å². The Morgan fingerprint density at radius 1 is 1.21 bits per heavy atom. The molecule has 1 N–H and O–H groups in total. The van der Waals surface area contributed by atoms with Gasteiger partial charge in [0.2, 0.25) is 0 Å². The minimum absolute atomic E-state index is 0. The molecule has 1 heterocycles. The largest absolute Gasteiger partial charge is 0.379 e. The number of guanidine groups is 1. The van der Waals surface area contributed by atoms with E-state index in [0.717, 1.165) is 69.7 Å². The molecule has 1 aliphatic heterocycles. The number of nitrogens with one attached hydrogen (secondary N) is 1. The van der Waals surface area contributed by atoms with E-state index in [1.165, 1.54) is 12.8 Å². The first-order valence-corrected chi connectivity index (χ1v) is 10.6. The summed E-state index contributed by atoms with van der Waals surface area (Å²) in [6.45, 7) is 6.20. The molecule has 1 aliphatic carbocycles. The number of halogens is 2. The third-order valence-electron chi connectivity index (χ3n) is 5.80. The van der Waals surface area contributed by atoms with Crippen molar-refractivity contribution in [2.75, 3.05) is 53.5 Å². The SMILES string of the molecule is CN=C(NCC1CCN(Cc2ccccc2F)CC1)N(C)CCOCC1CC1.I. The van der Waals surface area contributed by atoms with Crippen molar-refractivity contribution in [1.29, 1.82) is 0 Å². The first-order valence-electron chi connectivity index (χ1n) is 10.6. The van der Waals surface area contributed by atoms with Crippen molar-refractivity contribution in [2.45, 2.75) is 32.2 Å². The Balaban J connectivity index is 0.00000300. The Morgan fingerprint density at radius 2 is 1.93 bits per heavy atom. The number of likely N-dealkylation sites (tertiary alicyclic amines) is 1. The summed E-state index contributed by atoms with van der Waals surface area (Å²) in [5.74, 6) is 2.28. The molecule has 29 heavy (non-hydrogen) atoms. The molecule has 7 heteroatoms. The second-order valence-corrected chi connectivity index (χ2v) is 8.18. The van der Waals surface area contributed by atoms with Gasteiger partial charge in [-0.15, -0.1) is 24.0 Å². The van der Waals surface area contributed by atoms with Crippen molar-refractivity contribution < 1.29 is 9.13 Å². The third-order valence-corrected chi connectivity index (χ3v) is 5.80. The van der Waals surface area contributed by atoms with Crippen LogP contribution in [0.25, 0.3) is 0 Å². The average molecular weight is 518 g/mol. The fourth-order valence-electron chi connectivity index (χ4n) is 3.68. The van der Waals surface area contributed by atoms with Crippen molar-refractivity contribution in [3.05, 3.63) is 35.6 Å². The summed E-state index contributed by atoms with van der Waals surface area (Å²) in [4.78, 5) is 8.90. The fourth-order valence-corrected chi connectivity index (χ4v) is 3.68. The molecule has 0 unspecified atom stereocenters. The summed E-state index contributed by atoms with van der Waals surface area (Å²) < 4.78 is 19.6. The number of aliphatic imine (C=N–C) groups is 1. The number of hydrogen-bond donors (Lipinski definition) is 1. The molecule has 0 amide bonds. The normalized spacial score (nSPS) is 18.4. The highest BCUT2D eigenvalue weighted by molar-refractivity contribution is 14.0. The van der Waals surface area contributed by atoms with E-state index in [-0.39, 0.29) is 29.8 Å². The molecule has 164 valence electrons. The number of hydrogen-bond acceptors (Lipinski definition) is 3. The molecule has 1 aromatic carbocycles. The van der Waals surface area contributed by atoms with E-state index < -0.39 is 0 Å². The molecule has 0 spiro atoms. The molecule has 2 fully saturated rings. The van der Waals surface area contributed by atoms with E-state index in [4.69, 9.17) is 4.74 Å². The molecule has 0 radical (unpaired) electrons. The molecule has 0 bridgehead atoms. The van der Waals surface area contributed by atoms with Crippen LogP contribution in [0.4, 0.5) is 4.39 Å². The lowest BCUT2D eigenvalue weighted by Gasteiger charge is -2.33. The van der Waals surface area contributed by atoms with Crippen LogP contribution in [-0.4, -0.2) is 69.2 Å². The van der Waals surface area contributed by atoms with Gasteiger partial charge in [-0.05, 0) is 56.7 Å². The highest BCUT2D eigenvalue weighted by atomic mass is 127. The van der Waals surface area contributed by atoms with E-state index in [0.29, 0.717) is 12.5 Å². The van der Waals surface area contributed by atoms with E-state index in [2.05, 4.69) is 27.2 Å². The van der Waals surface area contributed by atoms with Gasteiger partial charge in [0.1, 0.15) is 5.82 Å². The number of nitrogens with zero attached hydrogens (tertiary/aromatic N) is 3. The Hall–Kier alpha value is -0.930. The van der Waals surface area contributed by atoms with Gasteiger partial charge in [-0.3, -0.25) is 9.89 Å². The van der Waals surface area contributed by atoms with Gasteiger partial charge in [0.15, 0.2) is 5.96 Å². The molecular formula is C22H36FIN4O. The number of likely N-dealkylation sites (N-methyl/N-ethyl adjacent to an activating group) is 1. The van der Waals surface area contributed by atoms with Gasteiger partial charge in [-0.2, -0.15) is 0 Å². The highest BCUT2D eigenvalue weighted by Crippen LogP contribution is 2.28. The zero-order valence-electron chi connectivity index (χ0n) is 17.8. The maximum Gasteiger partial charge on any atom is 0.193 e. The van der Waals surface area contributed by atoms with Crippen molar-refractivity contribution in [3.63, 3.8) is 0 Å². The van der Waals surface area contributed by atoms with Crippen molar-refractivity contribution in [1.82, 2.24) is 15.1 Å². The first-order chi connectivity index (χ1) is 13.7. The second-order valence-electron chi connectivity index (χ2n) is 8.18. The van der Waals surface area contributed by atoms with Crippen molar-refractivity contribution in [2.24, 2.45) is 16.8 Å². The van der Waals surface area contributed by atoms with Gasteiger partial charge in [0.05, 0.1) is 6.61 Å². The lowest BCUT2D eigenvalue weighted by atomic mass is 9.96. The van der Waals surface area contributed by atoms with E-state index in [9.17, 15) is 4.39 Å². The molecule has 0 aromatic heterocycles. The number of piperidine rings is 1. The summed E-state index contributed by atoms with van der Waals surface area (Å²) in [7, 11) is 3.90. The zero-order chi connectivity index (χ0) is 19.8. The zero-order valence-corrected chi connectivity index (χ0v) is 20.1. The van der Waals surface area contributed by atoms with E-state index in [1.54, 1.807) is 12.1 Å². The summed E-state index contributed by atoms with van der Waals surface area (Å²) in [6.07, 6.45) is 4.93. The van der Waals surface area contributed by atoms with Crippen LogP contribution in [0.1, 0.15) is 31.2 Å². The fraction of sp³-hybridized carbons (Fsp3) is 0.682. The number of rotatable bonds is 9. The molecule has 1 saturated carbocycles. The maximum atomic E-state index is 13.8. The first kappa shape index (κ1) is 24.3. The second kappa shape index (κ2) is 12.7. The monoisotopic (exact) mass is 518 g/mol. The summed E-state index contributed by atoms with van der Waals surface area (Å²) in [5.41, 5.74) is 0.796. The van der Waals surface area contributed by atoms with Crippen LogP contribution in [0.3, 0.4) is 0 Å². The summed E-state index contributed by atoms with van der Waals surface area (Å²) >= 11 is 0. The standard InChI is InChI=1S/C22H35FN4O.HI/c1-24-22(26(2)13-14-28-17-19-7-8-19)25-15-18-9-11-27(12-10-18)16-20-5-3-4-6-21(20)23;/h3-6,18-19H,7-17H2,1-2H3,(H,24,25);1H. The summed E-state index contributed by atoms with van der Waals surface area (Å²) in [5, 5.41) is 3.52. The smallest absolute Gasteiger partial charge is 0.193 e. The lowest BCUT2D eigenvalue weighted by molar-refractivity contribution is 0.115. The Labute approximate surface area is 192 Å². The van der Waals surface area contributed by atoms with Crippen LogP contribution >= 0.6 is 24.0 Å². The van der Waals surface area contributed by atoms with Crippen molar-refractivity contribution in [3.8, 4) is 0 Å². The van der Waals surface area contributed by atoms with Crippen LogP contribution in [0.2, 0.25) is 0 Å².